The number of hydrogen-bond acceptors (Lipinski definition) is 5. The smallest absolute Gasteiger partial charge is 0.303 e. The van der Waals surface area contributed by atoms with Crippen LogP contribution in [0.4, 0.5) is 0 Å². The lowest BCUT2D eigenvalue weighted by Crippen LogP contribution is -2.14. The van der Waals surface area contributed by atoms with Crippen LogP contribution < -0.4 is 21.4 Å². The first-order valence-corrected chi connectivity index (χ1v) is 13.9. The summed E-state index contributed by atoms with van der Waals surface area (Å²) in [4.78, 5) is 34.5. The number of carbonyl (C=O) groups is 1. The van der Waals surface area contributed by atoms with Crippen LogP contribution in [0.1, 0.15) is 68.1 Å². The van der Waals surface area contributed by atoms with Gasteiger partial charge >= 0.3 is 5.97 Å². The normalized spacial score (nSPS) is 12.0. The van der Waals surface area contributed by atoms with Gasteiger partial charge in [-0.15, -0.1) is 0 Å². The zero-order valence-electron chi connectivity index (χ0n) is 24.7. The minimum atomic E-state index is -0.859. The van der Waals surface area contributed by atoms with Gasteiger partial charge in [-0.05, 0) is 103 Å². The van der Waals surface area contributed by atoms with E-state index in [2.05, 4.69) is 48.9 Å². The molecule has 8 bridgehead atoms. The van der Waals surface area contributed by atoms with Crippen molar-refractivity contribution in [1.29, 1.82) is 0 Å². The highest BCUT2D eigenvalue weighted by Gasteiger charge is 2.17. The van der Waals surface area contributed by atoms with E-state index in [-0.39, 0.29) is 24.4 Å². The van der Waals surface area contributed by atoms with E-state index in [0.29, 0.717) is 12.8 Å². The highest BCUT2D eigenvalue weighted by Crippen LogP contribution is 2.23. The molecule has 224 valence electrons. The van der Waals surface area contributed by atoms with Gasteiger partial charge in [-0.2, -0.15) is 0 Å². The first kappa shape index (κ1) is 29.6. The van der Waals surface area contributed by atoms with Gasteiger partial charge in [-0.1, -0.05) is 13.2 Å². The molecule has 0 atom stereocenters. The third kappa shape index (κ3) is 5.88. The molecule has 4 aromatic rings. The summed E-state index contributed by atoms with van der Waals surface area (Å²) in [5.74, 6) is -0.453. The first-order valence-electron chi connectivity index (χ1n) is 13.9. The van der Waals surface area contributed by atoms with Gasteiger partial charge in [0.1, 0.15) is 11.5 Å². The van der Waals surface area contributed by atoms with Crippen molar-refractivity contribution in [2.24, 2.45) is 0 Å². The molecule has 0 saturated carbocycles. The van der Waals surface area contributed by atoms with Crippen LogP contribution in [0.5, 0.6) is 0 Å². The summed E-state index contributed by atoms with van der Waals surface area (Å²) in [5.41, 5.74) is 10.0. The van der Waals surface area contributed by atoms with Gasteiger partial charge in [0.05, 0.1) is 0 Å². The molecule has 43 heavy (non-hydrogen) atoms. The SMILES string of the molecule is C=C(Cc1c2[nH]c(c1C)C=c1[nH]c(c(C)c1CCC(=O)O)=Cc1cc(C)c([nH]1)C=c1[nH]c(c(C)c1CC(=C)OO)=C2)OO. The fourth-order valence-electron chi connectivity index (χ4n) is 5.73. The van der Waals surface area contributed by atoms with E-state index in [9.17, 15) is 20.4 Å². The van der Waals surface area contributed by atoms with Crippen LogP contribution in [0.15, 0.2) is 30.7 Å². The van der Waals surface area contributed by atoms with Crippen molar-refractivity contribution in [1.82, 2.24) is 19.9 Å². The van der Waals surface area contributed by atoms with Crippen molar-refractivity contribution in [3.63, 3.8) is 0 Å². The Hall–Kier alpha value is -4.93. The summed E-state index contributed by atoms with van der Waals surface area (Å²) in [7, 11) is 0. The monoisotopic (exact) mass is 584 g/mol. The van der Waals surface area contributed by atoms with Crippen LogP contribution in [-0.2, 0) is 33.8 Å². The molecule has 0 amide bonds. The van der Waals surface area contributed by atoms with Gasteiger partial charge in [0.15, 0.2) is 0 Å². The van der Waals surface area contributed by atoms with Crippen molar-refractivity contribution in [3.8, 4) is 0 Å². The number of aliphatic carboxylic acids is 1. The maximum atomic E-state index is 11.5. The molecule has 0 aliphatic carbocycles. The number of aryl methyl sites for hydroxylation is 1. The molecule has 5 heterocycles. The molecule has 1 aliphatic rings. The molecule has 10 nitrogen and oxygen atoms in total. The van der Waals surface area contributed by atoms with Crippen LogP contribution in [0.3, 0.4) is 0 Å². The Balaban J connectivity index is 1.88. The predicted octanol–water partition coefficient (Wildman–Crippen LogP) is 2.97. The van der Waals surface area contributed by atoms with E-state index in [4.69, 9.17) is 0 Å². The van der Waals surface area contributed by atoms with Gasteiger partial charge in [0, 0.05) is 63.4 Å². The van der Waals surface area contributed by atoms with Crippen molar-refractivity contribution >= 4 is 30.3 Å². The average Bonchev–Trinajstić information content (AvgIpc) is 3.64. The van der Waals surface area contributed by atoms with Crippen LogP contribution in [0, 0.1) is 27.7 Å². The lowest BCUT2D eigenvalue weighted by atomic mass is 10.0. The number of carboxylic acids is 1. The molecule has 0 saturated heterocycles. The maximum absolute atomic E-state index is 11.5. The zero-order valence-corrected chi connectivity index (χ0v) is 24.7. The second-order valence-electron chi connectivity index (χ2n) is 11.1. The van der Waals surface area contributed by atoms with Crippen molar-refractivity contribution in [2.45, 2.75) is 53.4 Å². The van der Waals surface area contributed by atoms with E-state index >= 15 is 0 Å². The molecule has 5 rings (SSSR count). The van der Waals surface area contributed by atoms with Crippen molar-refractivity contribution < 1.29 is 30.2 Å². The van der Waals surface area contributed by atoms with Crippen LogP contribution in [0.2, 0.25) is 0 Å². The average molecular weight is 585 g/mol. The van der Waals surface area contributed by atoms with Crippen LogP contribution >= 0.6 is 0 Å². The van der Waals surface area contributed by atoms with E-state index in [1.165, 1.54) is 0 Å². The van der Waals surface area contributed by atoms with Gasteiger partial charge in [0.25, 0.3) is 0 Å². The van der Waals surface area contributed by atoms with E-state index in [1.54, 1.807) is 0 Å². The fourth-order valence-corrected chi connectivity index (χ4v) is 5.73. The summed E-state index contributed by atoms with van der Waals surface area (Å²) in [6.45, 7) is 15.6. The molecule has 10 heteroatoms. The number of aromatic nitrogens is 4. The van der Waals surface area contributed by atoms with Gasteiger partial charge < -0.3 is 34.8 Å². The molecule has 7 N–H and O–H groups in total. The fraction of sp³-hybridized carbons (Fsp3) is 0.242. The van der Waals surface area contributed by atoms with Crippen molar-refractivity contribution in [2.75, 3.05) is 0 Å². The standard InChI is InChI=1S/C33H36N4O6/c1-16-9-22-12-27-19(4)23(7-8-33(38)39)30(35-27)14-28-21(6)25(11-18(3)43-41)32(37-28)15-29-20(5)24(10-17(2)42-40)31(36-29)13-26(16)34-22/h9,12-15,34-37,40-41H,2-3,7-8,10-11H2,1,4-6H3,(H,38,39). The third-order valence-corrected chi connectivity index (χ3v) is 8.19. The Morgan fingerprint density at radius 1 is 0.698 bits per heavy atom. The van der Waals surface area contributed by atoms with E-state index in [0.717, 1.165) is 83.1 Å². The molecule has 0 spiro atoms. The largest absolute Gasteiger partial charge is 0.481 e. The summed E-state index contributed by atoms with van der Waals surface area (Å²) < 4.78 is 0. The number of nitrogens with one attached hydrogen (secondary N) is 4. The van der Waals surface area contributed by atoms with Crippen molar-refractivity contribution in [3.05, 3.63) is 114 Å². The molecule has 4 aromatic heterocycles. The van der Waals surface area contributed by atoms with E-state index < -0.39 is 5.97 Å². The minimum Gasteiger partial charge on any atom is -0.481 e. The number of aromatic amines is 4. The lowest BCUT2D eigenvalue weighted by Gasteiger charge is -2.04. The topological polar surface area (TPSA) is 159 Å². The molecule has 0 aromatic carbocycles. The number of allylic oxidation sites excluding steroid dienone is 2. The summed E-state index contributed by atoms with van der Waals surface area (Å²) in [5, 5.41) is 31.3. The molecule has 0 radical (unpaired) electrons. The number of carboxylic acid groups (broad SMARTS) is 1. The Morgan fingerprint density at radius 3 is 1.91 bits per heavy atom. The highest BCUT2D eigenvalue weighted by molar-refractivity contribution is 5.68. The molecule has 0 unspecified atom stereocenters. The second kappa shape index (κ2) is 11.7. The Labute approximate surface area is 247 Å². The van der Waals surface area contributed by atoms with Crippen LogP contribution in [0.25, 0.3) is 24.3 Å². The second-order valence-corrected chi connectivity index (χ2v) is 11.1. The quantitative estimate of drug-likeness (QED) is 0.0802. The van der Waals surface area contributed by atoms with Crippen LogP contribution in [-0.4, -0.2) is 41.5 Å². The molecule has 1 aliphatic heterocycles. The Morgan fingerprint density at radius 2 is 1.26 bits per heavy atom. The third-order valence-electron chi connectivity index (χ3n) is 8.19. The number of rotatable bonds is 9. The van der Waals surface area contributed by atoms with E-state index in [1.807, 2.05) is 52.0 Å². The summed E-state index contributed by atoms with van der Waals surface area (Å²) >= 11 is 0. The van der Waals surface area contributed by atoms with Gasteiger partial charge in [0.2, 0.25) is 0 Å². The number of hydrogen-bond donors (Lipinski definition) is 7. The maximum Gasteiger partial charge on any atom is 0.303 e. The number of H-pyrrole nitrogens is 4. The zero-order chi connectivity index (χ0) is 31.0. The predicted molar refractivity (Wildman–Crippen MR) is 164 cm³/mol. The highest BCUT2D eigenvalue weighted by atomic mass is 17.1. The Kier molecular flexibility index (Phi) is 8.08. The van der Waals surface area contributed by atoms with Gasteiger partial charge in [-0.25, -0.2) is 10.5 Å². The Bertz CT molecular complexity index is 2010. The molecule has 0 fully saturated rings. The minimum absolute atomic E-state index is 0.00559. The summed E-state index contributed by atoms with van der Waals surface area (Å²) in [6, 6.07) is 2.06. The number of fused-ring (bicyclic) bond motifs is 8. The first-order chi connectivity index (χ1) is 20.5. The van der Waals surface area contributed by atoms with Gasteiger partial charge in [-0.3, -0.25) is 4.79 Å². The lowest BCUT2D eigenvalue weighted by molar-refractivity contribution is -0.204. The summed E-state index contributed by atoms with van der Waals surface area (Å²) in [6.07, 6.45) is 8.97. The molecular formula is C33H36N4O6. The molecular weight excluding hydrogens is 548 g/mol.